The fraction of sp³-hybridized carbons (Fsp3) is 0.400. The van der Waals surface area contributed by atoms with Crippen molar-refractivity contribution in [2.24, 2.45) is 5.92 Å². The van der Waals surface area contributed by atoms with Crippen molar-refractivity contribution < 1.29 is 0 Å². The van der Waals surface area contributed by atoms with E-state index in [1.54, 1.807) is 0 Å². The number of hydrogen-bond donors (Lipinski definition) is 1. The Labute approximate surface area is 90.6 Å². The maximum Gasteiger partial charge on any atom is 0.0651 e. The SMILES string of the molecule is Clc1cc(Br)cc2c1NCC1CC21. The third-order valence-electron chi connectivity index (χ3n) is 2.95. The van der Waals surface area contributed by atoms with Crippen molar-refractivity contribution >= 4 is 33.2 Å². The molecule has 0 saturated heterocycles. The zero-order valence-electron chi connectivity index (χ0n) is 6.98. The highest BCUT2D eigenvalue weighted by Gasteiger charge is 2.42. The van der Waals surface area contributed by atoms with Crippen LogP contribution in [-0.4, -0.2) is 6.54 Å². The Bertz CT molecular complexity index is 377. The summed E-state index contributed by atoms with van der Waals surface area (Å²) in [6.07, 6.45) is 1.33. The van der Waals surface area contributed by atoms with Gasteiger partial charge < -0.3 is 5.32 Å². The molecular formula is C10H9BrClN. The van der Waals surface area contributed by atoms with E-state index in [9.17, 15) is 0 Å². The van der Waals surface area contributed by atoms with Gasteiger partial charge in [0.1, 0.15) is 0 Å². The zero-order chi connectivity index (χ0) is 9.00. The van der Waals surface area contributed by atoms with Crippen LogP contribution in [0, 0.1) is 5.92 Å². The Hall–Kier alpha value is -0.210. The molecule has 1 aliphatic heterocycles. The lowest BCUT2D eigenvalue weighted by Gasteiger charge is -2.18. The third-order valence-corrected chi connectivity index (χ3v) is 3.70. The minimum atomic E-state index is 0.770. The van der Waals surface area contributed by atoms with E-state index in [0.717, 1.165) is 33.6 Å². The molecule has 1 aromatic carbocycles. The second-order valence-electron chi connectivity index (χ2n) is 3.84. The van der Waals surface area contributed by atoms with E-state index in [-0.39, 0.29) is 0 Å². The average Bonchev–Trinajstić information content (AvgIpc) is 2.82. The van der Waals surface area contributed by atoms with Crippen LogP contribution in [-0.2, 0) is 0 Å². The molecule has 3 heteroatoms. The summed E-state index contributed by atoms with van der Waals surface area (Å²) in [4.78, 5) is 0. The predicted octanol–water partition coefficient (Wildman–Crippen LogP) is 3.63. The van der Waals surface area contributed by atoms with Crippen molar-refractivity contribution in [3.63, 3.8) is 0 Å². The maximum atomic E-state index is 6.14. The topological polar surface area (TPSA) is 12.0 Å². The molecule has 1 saturated carbocycles. The molecule has 0 radical (unpaired) electrons. The summed E-state index contributed by atoms with van der Waals surface area (Å²) < 4.78 is 1.09. The number of benzene rings is 1. The van der Waals surface area contributed by atoms with Crippen LogP contribution >= 0.6 is 27.5 Å². The Morgan fingerprint density at radius 1 is 1.46 bits per heavy atom. The van der Waals surface area contributed by atoms with Gasteiger partial charge in [0.25, 0.3) is 0 Å². The lowest BCUT2D eigenvalue weighted by Crippen LogP contribution is -2.12. The van der Waals surface area contributed by atoms with E-state index in [1.807, 2.05) is 6.07 Å². The van der Waals surface area contributed by atoms with Gasteiger partial charge >= 0.3 is 0 Å². The van der Waals surface area contributed by atoms with Gasteiger partial charge in [-0.15, -0.1) is 0 Å². The molecule has 0 bridgehead atoms. The lowest BCUT2D eigenvalue weighted by atomic mass is 10.0. The van der Waals surface area contributed by atoms with Gasteiger partial charge in [0.05, 0.1) is 10.7 Å². The lowest BCUT2D eigenvalue weighted by molar-refractivity contribution is 0.816. The van der Waals surface area contributed by atoms with E-state index in [4.69, 9.17) is 11.6 Å². The fourth-order valence-corrected chi connectivity index (χ4v) is 3.06. The third kappa shape index (κ3) is 1.19. The molecule has 1 N–H and O–H groups in total. The molecule has 1 heterocycles. The predicted molar refractivity (Wildman–Crippen MR) is 58.5 cm³/mol. The van der Waals surface area contributed by atoms with Gasteiger partial charge in [-0.05, 0) is 36.0 Å². The highest BCUT2D eigenvalue weighted by molar-refractivity contribution is 9.10. The van der Waals surface area contributed by atoms with Crippen molar-refractivity contribution in [1.29, 1.82) is 0 Å². The van der Waals surface area contributed by atoms with Crippen molar-refractivity contribution in [1.82, 2.24) is 0 Å². The number of rotatable bonds is 0. The van der Waals surface area contributed by atoms with E-state index in [2.05, 4.69) is 27.3 Å². The largest absolute Gasteiger partial charge is 0.383 e. The maximum absolute atomic E-state index is 6.14. The summed E-state index contributed by atoms with van der Waals surface area (Å²) in [5, 5.41) is 4.24. The quantitative estimate of drug-likeness (QED) is 0.749. The molecule has 0 spiro atoms. The first kappa shape index (κ1) is 8.13. The Balaban J connectivity index is 2.19. The zero-order valence-corrected chi connectivity index (χ0v) is 9.32. The summed E-state index contributed by atoms with van der Waals surface area (Å²) in [7, 11) is 0. The van der Waals surface area contributed by atoms with E-state index >= 15 is 0 Å². The molecule has 1 nitrogen and oxygen atoms in total. The van der Waals surface area contributed by atoms with E-state index in [1.165, 1.54) is 12.0 Å². The Morgan fingerprint density at radius 2 is 2.31 bits per heavy atom. The van der Waals surface area contributed by atoms with Crippen LogP contribution in [0.1, 0.15) is 17.9 Å². The van der Waals surface area contributed by atoms with Gasteiger partial charge in [-0.1, -0.05) is 27.5 Å². The first-order valence-electron chi connectivity index (χ1n) is 4.48. The first-order chi connectivity index (χ1) is 6.25. The minimum absolute atomic E-state index is 0.770. The average molecular weight is 259 g/mol. The molecule has 2 unspecified atom stereocenters. The van der Waals surface area contributed by atoms with E-state index < -0.39 is 0 Å². The number of anilines is 1. The standard InChI is InChI=1S/C10H9BrClN/c11-6-2-8-7-1-5(7)4-13-10(8)9(12)3-6/h2-3,5,7,13H,1,4H2. The van der Waals surface area contributed by atoms with Gasteiger partial charge in [0, 0.05) is 11.0 Å². The van der Waals surface area contributed by atoms with Crippen molar-refractivity contribution in [3.05, 3.63) is 27.2 Å². The van der Waals surface area contributed by atoms with Crippen LogP contribution in [0.4, 0.5) is 5.69 Å². The highest BCUT2D eigenvalue weighted by atomic mass is 79.9. The van der Waals surface area contributed by atoms with Crippen molar-refractivity contribution in [2.75, 3.05) is 11.9 Å². The number of hydrogen-bond acceptors (Lipinski definition) is 1. The second kappa shape index (κ2) is 2.64. The molecule has 1 fully saturated rings. The normalized spacial score (nSPS) is 28.8. The molecule has 68 valence electrons. The minimum Gasteiger partial charge on any atom is -0.383 e. The summed E-state index contributed by atoms with van der Waals surface area (Å²) in [5.41, 5.74) is 2.55. The smallest absolute Gasteiger partial charge is 0.0651 e. The Kier molecular flexibility index (Phi) is 1.65. The molecule has 13 heavy (non-hydrogen) atoms. The number of fused-ring (bicyclic) bond motifs is 3. The second-order valence-corrected chi connectivity index (χ2v) is 5.16. The molecule has 1 aliphatic carbocycles. The molecule has 2 atom stereocenters. The van der Waals surface area contributed by atoms with Gasteiger partial charge in [0.2, 0.25) is 0 Å². The van der Waals surface area contributed by atoms with Gasteiger partial charge in [-0.3, -0.25) is 0 Å². The van der Waals surface area contributed by atoms with Crippen LogP contribution in [0.2, 0.25) is 5.02 Å². The summed E-state index contributed by atoms with van der Waals surface area (Å²) >= 11 is 9.61. The molecule has 2 aliphatic rings. The van der Waals surface area contributed by atoms with Crippen LogP contribution in [0.5, 0.6) is 0 Å². The fourth-order valence-electron chi connectivity index (χ4n) is 2.16. The van der Waals surface area contributed by atoms with Gasteiger partial charge in [-0.2, -0.15) is 0 Å². The number of halogens is 2. The summed E-state index contributed by atoms with van der Waals surface area (Å²) in [5.74, 6) is 1.63. The summed E-state index contributed by atoms with van der Waals surface area (Å²) in [6, 6.07) is 4.15. The van der Waals surface area contributed by atoms with Gasteiger partial charge in [-0.25, -0.2) is 0 Å². The van der Waals surface area contributed by atoms with Crippen molar-refractivity contribution in [2.45, 2.75) is 12.3 Å². The molecular weight excluding hydrogens is 249 g/mol. The summed E-state index contributed by atoms with van der Waals surface area (Å²) in [6.45, 7) is 1.10. The molecule has 3 rings (SSSR count). The van der Waals surface area contributed by atoms with Crippen LogP contribution in [0.15, 0.2) is 16.6 Å². The monoisotopic (exact) mass is 257 g/mol. The molecule has 0 aromatic heterocycles. The molecule has 0 amide bonds. The van der Waals surface area contributed by atoms with Crippen LogP contribution in [0.3, 0.4) is 0 Å². The van der Waals surface area contributed by atoms with Crippen molar-refractivity contribution in [3.8, 4) is 0 Å². The van der Waals surface area contributed by atoms with E-state index in [0.29, 0.717) is 0 Å². The van der Waals surface area contributed by atoms with Gasteiger partial charge in [0.15, 0.2) is 0 Å². The van der Waals surface area contributed by atoms with Crippen LogP contribution < -0.4 is 5.32 Å². The molecule has 1 aromatic rings. The highest BCUT2D eigenvalue weighted by Crippen LogP contribution is 2.54. The van der Waals surface area contributed by atoms with Crippen LogP contribution in [0.25, 0.3) is 0 Å². The Morgan fingerprint density at radius 3 is 3.15 bits per heavy atom. The first-order valence-corrected chi connectivity index (χ1v) is 5.65. The number of nitrogens with one attached hydrogen (secondary N) is 1.